The molecule has 4 nitrogen and oxygen atoms in total. The minimum absolute atomic E-state index is 0.201. The highest BCUT2D eigenvalue weighted by Crippen LogP contribution is 2.31. The highest BCUT2D eigenvalue weighted by atomic mass is 35.5. The molecule has 1 N–H and O–H groups in total. The number of carbonyl (C=O) groups is 2. The van der Waals surface area contributed by atoms with Gasteiger partial charge in [-0.3, -0.25) is 9.59 Å². The molecule has 0 aliphatic carbocycles. The molecule has 0 aliphatic rings. The molecule has 0 radical (unpaired) electrons. The molecule has 2 rings (SSSR count). The van der Waals surface area contributed by atoms with Gasteiger partial charge in [-0.05, 0) is 30.3 Å². The minimum Gasteiger partial charge on any atom is -0.454 e. The van der Waals surface area contributed by atoms with Gasteiger partial charge < -0.3 is 10.1 Å². The van der Waals surface area contributed by atoms with Crippen LogP contribution in [0.1, 0.15) is 17.3 Å². The number of rotatable bonds is 4. The molecular weight excluding hydrogens is 278 g/mol. The van der Waals surface area contributed by atoms with Crippen molar-refractivity contribution in [3.05, 3.63) is 53.1 Å². The number of ether oxygens (including phenoxy) is 1. The van der Waals surface area contributed by atoms with Crippen LogP contribution >= 0.6 is 11.6 Å². The van der Waals surface area contributed by atoms with Gasteiger partial charge in [0.05, 0.1) is 11.3 Å². The Balaban J connectivity index is 2.35. The van der Waals surface area contributed by atoms with Gasteiger partial charge in [0.2, 0.25) is 5.91 Å². The van der Waals surface area contributed by atoms with Crippen molar-refractivity contribution >= 4 is 29.5 Å². The molecule has 0 fully saturated rings. The smallest absolute Gasteiger partial charge is 0.221 e. The van der Waals surface area contributed by atoms with Crippen molar-refractivity contribution in [2.45, 2.75) is 6.92 Å². The maximum Gasteiger partial charge on any atom is 0.221 e. The van der Waals surface area contributed by atoms with Crippen LogP contribution in [0.15, 0.2) is 42.5 Å². The molecule has 0 saturated heterocycles. The molecule has 5 heteroatoms. The average molecular weight is 290 g/mol. The Hall–Kier alpha value is -2.33. The molecule has 0 heterocycles. The normalized spacial score (nSPS) is 9.90. The predicted octanol–water partition coefficient (Wildman–Crippen LogP) is 3.90. The summed E-state index contributed by atoms with van der Waals surface area (Å²) >= 11 is 5.83. The fourth-order valence-electron chi connectivity index (χ4n) is 1.67. The molecule has 0 aliphatic heterocycles. The van der Waals surface area contributed by atoms with Crippen LogP contribution in [0.3, 0.4) is 0 Å². The summed E-state index contributed by atoms with van der Waals surface area (Å²) in [7, 11) is 0. The lowest BCUT2D eigenvalue weighted by Gasteiger charge is -2.12. The molecule has 20 heavy (non-hydrogen) atoms. The predicted molar refractivity (Wildman–Crippen MR) is 77.7 cm³/mol. The van der Waals surface area contributed by atoms with Gasteiger partial charge in [-0.15, -0.1) is 0 Å². The molecule has 1 amide bonds. The first-order valence-electron chi connectivity index (χ1n) is 5.89. The van der Waals surface area contributed by atoms with E-state index in [1.54, 1.807) is 36.4 Å². The van der Waals surface area contributed by atoms with Gasteiger partial charge >= 0.3 is 0 Å². The van der Waals surface area contributed by atoms with Crippen LogP contribution in [0.2, 0.25) is 5.02 Å². The second-order valence-electron chi connectivity index (χ2n) is 4.08. The summed E-state index contributed by atoms with van der Waals surface area (Å²) in [6.45, 7) is 1.41. The van der Waals surface area contributed by atoms with Crippen molar-refractivity contribution in [1.29, 1.82) is 0 Å². The number of nitrogens with one attached hydrogen (secondary N) is 1. The molecule has 0 atom stereocenters. The molecule has 2 aromatic rings. The summed E-state index contributed by atoms with van der Waals surface area (Å²) in [6.07, 6.45) is 0.669. The average Bonchev–Trinajstić information content (AvgIpc) is 2.42. The summed E-state index contributed by atoms with van der Waals surface area (Å²) in [5.74, 6) is 0.628. The molecule has 0 spiro atoms. The van der Waals surface area contributed by atoms with Crippen LogP contribution < -0.4 is 10.1 Å². The summed E-state index contributed by atoms with van der Waals surface area (Å²) in [6, 6.07) is 11.7. The second-order valence-corrected chi connectivity index (χ2v) is 4.52. The van der Waals surface area contributed by atoms with Crippen molar-refractivity contribution in [2.75, 3.05) is 5.32 Å². The summed E-state index contributed by atoms with van der Waals surface area (Å²) < 4.78 is 5.68. The van der Waals surface area contributed by atoms with E-state index in [1.807, 2.05) is 0 Å². The molecule has 0 saturated carbocycles. The number of amides is 1. The number of aldehydes is 1. The first kappa shape index (κ1) is 14.1. The lowest BCUT2D eigenvalue weighted by Crippen LogP contribution is -2.06. The van der Waals surface area contributed by atoms with E-state index in [-0.39, 0.29) is 5.91 Å². The maximum absolute atomic E-state index is 11.1. The quantitative estimate of drug-likeness (QED) is 0.868. The lowest BCUT2D eigenvalue weighted by atomic mass is 10.2. The third kappa shape index (κ3) is 3.36. The monoisotopic (exact) mass is 289 g/mol. The molecule has 102 valence electrons. The van der Waals surface area contributed by atoms with Crippen LogP contribution in [0.5, 0.6) is 11.5 Å². The summed E-state index contributed by atoms with van der Waals surface area (Å²) in [4.78, 5) is 22.2. The summed E-state index contributed by atoms with van der Waals surface area (Å²) in [5.41, 5.74) is 0.877. The highest BCUT2D eigenvalue weighted by molar-refractivity contribution is 6.30. The van der Waals surface area contributed by atoms with Crippen LogP contribution in [0, 0.1) is 0 Å². The number of para-hydroxylation sites is 2. The van der Waals surface area contributed by atoms with E-state index in [0.29, 0.717) is 34.1 Å². The van der Waals surface area contributed by atoms with Crippen molar-refractivity contribution in [3.63, 3.8) is 0 Å². The Bertz CT molecular complexity index is 655. The number of benzene rings is 2. The van der Waals surface area contributed by atoms with Gasteiger partial charge in [0.15, 0.2) is 12.0 Å². The van der Waals surface area contributed by atoms with Crippen LogP contribution in [-0.4, -0.2) is 12.2 Å². The first-order valence-corrected chi connectivity index (χ1v) is 6.27. The lowest BCUT2D eigenvalue weighted by molar-refractivity contribution is -0.114. The molecule has 2 aromatic carbocycles. The molecule has 0 bridgehead atoms. The van der Waals surface area contributed by atoms with E-state index in [9.17, 15) is 9.59 Å². The van der Waals surface area contributed by atoms with E-state index >= 15 is 0 Å². The van der Waals surface area contributed by atoms with Crippen molar-refractivity contribution in [3.8, 4) is 11.5 Å². The largest absolute Gasteiger partial charge is 0.454 e. The topological polar surface area (TPSA) is 55.4 Å². The standard InChI is InChI=1S/C15H12ClNO3/c1-10(19)17-13-4-2-3-5-15(13)20-14-7-6-12(16)8-11(14)9-18/h2-9H,1H3,(H,17,19). The number of carbonyl (C=O) groups excluding carboxylic acids is 2. The zero-order chi connectivity index (χ0) is 14.5. The Morgan fingerprint density at radius 2 is 1.95 bits per heavy atom. The number of hydrogen-bond donors (Lipinski definition) is 1. The SMILES string of the molecule is CC(=O)Nc1ccccc1Oc1ccc(Cl)cc1C=O. The fraction of sp³-hybridized carbons (Fsp3) is 0.0667. The fourth-order valence-corrected chi connectivity index (χ4v) is 1.85. The Labute approximate surface area is 121 Å². The minimum atomic E-state index is -0.201. The Kier molecular flexibility index (Phi) is 4.38. The Morgan fingerprint density at radius 1 is 1.20 bits per heavy atom. The van der Waals surface area contributed by atoms with Gasteiger partial charge in [0.25, 0.3) is 0 Å². The number of hydrogen-bond acceptors (Lipinski definition) is 3. The third-order valence-electron chi connectivity index (χ3n) is 2.52. The second kappa shape index (κ2) is 6.21. The van der Waals surface area contributed by atoms with Crippen molar-refractivity contribution in [2.24, 2.45) is 0 Å². The molecular formula is C15H12ClNO3. The zero-order valence-electron chi connectivity index (χ0n) is 10.7. The van der Waals surface area contributed by atoms with Gasteiger partial charge in [0.1, 0.15) is 5.75 Å². The summed E-state index contributed by atoms with van der Waals surface area (Å²) in [5, 5.41) is 3.12. The van der Waals surface area contributed by atoms with Crippen LogP contribution in [0.4, 0.5) is 5.69 Å². The molecule has 0 unspecified atom stereocenters. The number of halogens is 1. The van der Waals surface area contributed by atoms with Gasteiger partial charge in [-0.25, -0.2) is 0 Å². The first-order chi connectivity index (χ1) is 9.60. The highest BCUT2D eigenvalue weighted by Gasteiger charge is 2.09. The van der Waals surface area contributed by atoms with E-state index < -0.39 is 0 Å². The van der Waals surface area contributed by atoms with Gasteiger partial charge in [-0.1, -0.05) is 23.7 Å². The third-order valence-corrected chi connectivity index (χ3v) is 2.75. The van der Waals surface area contributed by atoms with Crippen molar-refractivity contribution < 1.29 is 14.3 Å². The zero-order valence-corrected chi connectivity index (χ0v) is 11.5. The van der Waals surface area contributed by atoms with Crippen LogP contribution in [-0.2, 0) is 4.79 Å². The van der Waals surface area contributed by atoms with Gasteiger partial charge in [-0.2, -0.15) is 0 Å². The number of anilines is 1. The van der Waals surface area contributed by atoms with E-state index in [0.717, 1.165) is 0 Å². The van der Waals surface area contributed by atoms with Gasteiger partial charge in [0, 0.05) is 11.9 Å². The van der Waals surface area contributed by atoms with E-state index in [1.165, 1.54) is 13.0 Å². The molecule has 0 aromatic heterocycles. The van der Waals surface area contributed by atoms with Crippen molar-refractivity contribution in [1.82, 2.24) is 0 Å². The van der Waals surface area contributed by atoms with E-state index in [4.69, 9.17) is 16.3 Å². The van der Waals surface area contributed by atoms with Crippen LogP contribution in [0.25, 0.3) is 0 Å². The van der Waals surface area contributed by atoms with E-state index in [2.05, 4.69) is 5.32 Å². The Morgan fingerprint density at radius 3 is 2.65 bits per heavy atom. The maximum atomic E-state index is 11.1.